The van der Waals surface area contributed by atoms with Crippen LogP contribution in [0.25, 0.3) is 0 Å². The SMILES string of the molecule is CCC(O)CC(=O)[O-].CCC(OC(C)=O)C(=O)O.CCC(OC(C)=O)C(=O)O.CCCC(=O)[O-].C[N+](C)(C)CCO.C[N+](C)(C)CCO.O=C(O)CO.O=C(O)CO. The number of likely N-dealkylation sites (N-methyl/N-ethyl adjacent to an activating group) is 2. The summed E-state index contributed by atoms with van der Waals surface area (Å²) in [5.74, 6) is -7.86. The second kappa shape index (κ2) is 46.9. The molecule has 0 saturated heterocycles. The van der Waals surface area contributed by atoms with Crippen LogP contribution in [0.5, 0.6) is 0 Å². The number of quaternary nitrogens is 2. The zero-order valence-corrected chi connectivity index (χ0v) is 36.0. The maximum Gasteiger partial charge on any atom is 0.345 e. The molecule has 0 spiro atoms. The third-order valence-corrected chi connectivity index (χ3v) is 5.05. The highest BCUT2D eigenvalue weighted by Crippen LogP contribution is 1.98. The lowest BCUT2D eigenvalue weighted by Gasteiger charge is -2.21. The fraction of sp³-hybridized carbons (Fsp3) is 0.771. The Bertz CT molecular complexity index is 1010. The van der Waals surface area contributed by atoms with Crippen LogP contribution in [-0.4, -0.2) is 203 Å². The van der Waals surface area contributed by atoms with Crippen LogP contribution >= 0.6 is 0 Å². The van der Waals surface area contributed by atoms with Gasteiger partial charge in [0.05, 0.1) is 61.6 Å². The summed E-state index contributed by atoms with van der Waals surface area (Å²) in [6, 6.07) is 0. The Labute approximate surface area is 340 Å². The number of nitrogens with zero attached hydrogens (tertiary/aromatic N) is 2. The van der Waals surface area contributed by atoms with Crippen LogP contribution < -0.4 is 10.2 Å². The Hall–Kier alpha value is -4.52. The summed E-state index contributed by atoms with van der Waals surface area (Å²) in [6.45, 7) is 9.84. The molecule has 0 aliphatic carbocycles. The number of carbonyl (C=O) groups excluding carboxylic acids is 4. The molecule has 0 amide bonds. The minimum atomic E-state index is -1.20. The predicted octanol–water partition coefficient (Wildman–Crippen LogP) is -3.24. The number of aliphatic hydroxyl groups is 5. The van der Waals surface area contributed by atoms with Crippen molar-refractivity contribution in [2.24, 2.45) is 0 Å². The number of carboxylic acid groups (broad SMARTS) is 6. The Morgan fingerprint density at radius 3 is 0.862 bits per heavy atom. The van der Waals surface area contributed by atoms with E-state index in [1.54, 1.807) is 27.7 Å². The predicted molar refractivity (Wildman–Crippen MR) is 202 cm³/mol. The maximum atomic E-state index is 10.2. The third-order valence-electron chi connectivity index (χ3n) is 5.05. The zero-order valence-electron chi connectivity index (χ0n) is 36.0. The number of rotatable bonds is 17. The second-order valence-corrected chi connectivity index (χ2v) is 13.0. The monoisotopic (exact) mass is 856 g/mol. The number of esters is 2. The van der Waals surface area contributed by atoms with Gasteiger partial charge in [-0.1, -0.05) is 34.1 Å². The Morgan fingerprint density at radius 2 is 0.828 bits per heavy atom. The maximum absolute atomic E-state index is 10.2. The molecular weight excluding hydrogens is 784 g/mol. The minimum absolute atomic E-state index is 0.181. The van der Waals surface area contributed by atoms with Crippen molar-refractivity contribution in [2.45, 2.75) is 98.4 Å². The molecule has 0 aliphatic heterocycles. The normalized spacial score (nSPS) is 11.1. The van der Waals surface area contributed by atoms with E-state index >= 15 is 0 Å². The minimum Gasteiger partial charge on any atom is -0.550 e. The number of carbonyl (C=O) groups is 8. The quantitative estimate of drug-likeness (QED) is 0.0512. The summed E-state index contributed by atoms with van der Waals surface area (Å²) < 4.78 is 10.5. The fourth-order valence-corrected chi connectivity index (χ4v) is 2.16. The van der Waals surface area contributed by atoms with E-state index in [4.69, 9.17) is 55.5 Å². The van der Waals surface area contributed by atoms with Crippen molar-refractivity contribution in [3.8, 4) is 0 Å². The largest absolute Gasteiger partial charge is 0.550 e. The van der Waals surface area contributed by atoms with Gasteiger partial charge in [0.25, 0.3) is 0 Å². The Kier molecular flexibility index (Phi) is 57.5. The molecule has 58 heavy (non-hydrogen) atoms. The molecule has 9 N–H and O–H groups in total. The summed E-state index contributed by atoms with van der Waals surface area (Å²) in [7, 11) is 12.3. The topological polar surface area (TPSA) is 383 Å². The first-order chi connectivity index (χ1) is 26.2. The van der Waals surface area contributed by atoms with Gasteiger partial charge in [-0.3, -0.25) is 9.59 Å². The van der Waals surface area contributed by atoms with E-state index in [0.29, 0.717) is 25.7 Å². The van der Waals surface area contributed by atoms with Gasteiger partial charge in [-0.15, -0.1) is 0 Å². The molecule has 0 aromatic carbocycles. The molecule has 0 fully saturated rings. The van der Waals surface area contributed by atoms with Crippen LogP contribution in [0.3, 0.4) is 0 Å². The van der Waals surface area contributed by atoms with Crippen molar-refractivity contribution in [1.82, 2.24) is 0 Å². The lowest BCUT2D eigenvalue weighted by molar-refractivity contribution is -0.870. The lowest BCUT2D eigenvalue weighted by Crippen LogP contribution is -2.36. The molecule has 3 unspecified atom stereocenters. The molecule has 0 heterocycles. The molecule has 23 heteroatoms. The number of hydrogen-bond donors (Lipinski definition) is 9. The van der Waals surface area contributed by atoms with Crippen LogP contribution in [0, 0.1) is 0 Å². The van der Waals surface area contributed by atoms with E-state index in [-0.39, 0.29) is 26.1 Å². The van der Waals surface area contributed by atoms with Crippen LogP contribution in [-0.2, 0) is 47.8 Å². The van der Waals surface area contributed by atoms with E-state index in [2.05, 4.69) is 51.8 Å². The first-order valence-corrected chi connectivity index (χ1v) is 17.6. The van der Waals surface area contributed by atoms with E-state index in [1.165, 1.54) is 13.8 Å². The van der Waals surface area contributed by atoms with Gasteiger partial charge in [-0.25, -0.2) is 19.2 Å². The van der Waals surface area contributed by atoms with Gasteiger partial charge < -0.3 is 84.2 Å². The van der Waals surface area contributed by atoms with Gasteiger partial charge in [0, 0.05) is 32.2 Å². The number of aliphatic carboxylic acids is 6. The first-order valence-electron chi connectivity index (χ1n) is 17.6. The van der Waals surface area contributed by atoms with Gasteiger partial charge >= 0.3 is 35.8 Å². The molecule has 0 aromatic rings. The molecule has 0 saturated carbocycles. The average Bonchev–Trinajstić information content (AvgIpc) is 3.06. The third kappa shape index (κ3) is 98.6. The average molecular weight is 857 g/mol. The molecular formula is C35H72N2O21. The fourth-order valence-electron chi connectivity index (χ4n) is 2.16. The van der Waals surface area contributed by atoms with Crippen molar-refractivity contribution in [3.63, 3.8) is 0 Å². The summed E-state index contributed by atoms with van der Waals surface area (Å²) >= 11 is 0. The van der Waals surface area contributed by atoms with Crippen LogP contribution in [0.4, 0.5) is 0 Å². The molecule has 23 nitrogen and oxygen atoms in total. The number of aliphatic hydroxyl groups excluding tert-OH is 5. The van der Waals surface area contributed by atoms with Gasteiger partial charge in [-0.2, -0.15) is 0 Å². The molecule has 3 atom stereocenters. The highest BCUT2D eigenvalue weighted by Gasteiger charge is 2.17. The van der Waals surface area contributed by atoms with Crippen molar-refractivity contribution in [2.75, 3.05) is 81.8 Å². The summed E-state index contributed by atoms with van der Waals surface area (Å²) in [4.78, 5) is 78.3. The summed E-state index contributed by atoms with van der Waals surface area (Å²) in [5.41, 5.74) is 0. The molecule has 0 radical (unpaired) electrons. The van der Waals surface area contributed by atoms with Gasteiger partial charge in [0.1, 0.15) is 26.3 Å². The highest BCUT2D eigenvalue weighted by molar-refractivity contribution is 5.77. The van der Waals surface area contributed by atoms with Gasteiger partial charge in [0.2, 0.25) is 0 Å². The summed E-state index contributed by atoms with van der Waals surface area (Å²) in [6.07, 6.45) is -1.05. The molecule has 348 valence electrons. The molecule has 0 bridgehead atoms. The van der Waals surface area contributed by atoms with Crippen LogP contribution in [0.2, 0.25) is 0 Å². The van der Waals surface area contributed by atoms with Crippen molar-refractivity contribution in [3.05, 3.63) is 0 Å². The Balaban J connectivity index is -0.0000000831. The Morgan fingerprint density at radius 1 is 0.552 bits per heavy atom. The smallest absolute Gasteiger partial charge is 0.345 e. The summed E-state index contributed by atoms with van der Waals surface area (Å²) in [5, 5.41) is 91.3. The molecule has 0 aromatic heterocycles. The number of ether oxygens (including phenoxy) is 2. The lowest BCUT2D eigenvalue weighted by atomic mass is 10.2. The van der Waals surface area contributed by atoms with E-state index < -0.39 is 79.3 Å². The van der Waals surface area contributed by atoms with Gasteiger partial charge in [-0.05, 0) is 25.7 Å². The first kappa shape index (κ1) is 71.2. The van der Waals surface area contributed by atoms with Crippen LogP contribution in [0.15, 0.2) is 0 Å². The van der Waals surface area contributed by atoms with Crippen molar-refractivity contribution < 1.29 is 113 Å². The van der Waals surface area contributed by atoms with Crippen molar-refractivity contribution in [1.29, 1.82) is 0 Å². The number of carboxylic acids is 6. The van der Waals surface area contributed by atoms with Gasteiger partial charge in [0.15, 0.2) is 12.2 Å². The van der Waals surface area contributed by atoms with E-state index in [0.717, 1.165) is 22.1 Å². The van der Waals surface area contributed by atoms with E-state index in [9.17, 15) is 39.0 Å². The second-order valence-electron chi connectivity index (χ2n) is 13.0. The molecule has 0 aliphatic rings. The van der Waals surface area contributed by atoms with E-state index in [1.807, 2.05) is 0 Å². The standard InChI is InChI=1S/2C6H10O4.2C5H14NO.C5H10O3.C4H8O2.2C2H4O3/c2*1-3-5(6(8)9)10-4(2)7;2*1-6(2,3)4-5-7;1-2-4(6)3-5(7)8;1-2-3-4(5)6;2*3-1-2(4)5/h2*5H,3H2,1-2H3,(H,8,9);2*7H,4-5H2,1-3H3;4,6H,2-3H2,1H3,(H,7,8);2-3H2,1H3,(H,5,6);2*3H,1H2,(H,4,5)/q;;2*+1;;;;/p-2. The molecule has 0 rings (SSSR count). The van der Waals surface area contributed by atoms with Crippen LogP contribution in [0.1, 0.15) is 80.1 Å². The van der Waals surface area contributed by atoms with Crippen molar-refractivity contribution >= 4 is 47.8 Å². The highest BCUT2D eigenvalue weighted by atomic mass is 16.6. The number of hydrogen-bond acceptors (Lipinski definition) is 17. The zero-order chi connectivity index (χ0) is 48.3.